The Kier molecular flexibility index (Phi) is 3.09. The van der Waals surface area contributed by atoms with E-state index in [0.717, 1.165) is 50.8 Å². The Labute approximate surface area is 103 Å². The number of amides is 1. The lowest BCUT2D eigenvalue weighted by molar-refractivity contribution is -0.134. The Morgan fingerprint density at radius 2 is 2.29 bits per heavy atom. The first kappa shape index (κ1) is 11.5. The lowest BCUT2D eigenvalue weighted by atomic mass is 10.1. The second-order valence-corrected chi connectivity index (χ2v) is 5.71. The van der Waals surface area contributed by atoms with Crippen LogP contribution < -0.4 is 5.32 Å². The fourth-order valence-electron chi connectivity index (χ4n) is 3.26. The van der Waals surface area contributed by atoms with E-state index in [0.29, 0.717) is 0 Å². The third kappa shape index (κ3) is 2.33. The van der Waals surface area contributed by atoms with Crippen LogP contribution in [0.25, 0.3) is 0 Å². The Hall–Kier alpha value is -0.610. The SMILES string of the molecule is CNC1CC2CC2CN(CC2CCCO2)C1=O. The Morgan fingerprint density at radius 1 is 1.41 bits per heavy atom. The molecule has 0 spiro atoms. The number of likely N-dealkylation sites (tertiary alicyclic amines) is 1. The molecule has 2 heterocycles. The van der Waals surface area contributed by atoms with E-state index in [9.17, 15) is 4.79 Å². The molecule has 4 heteroatoms. The minimum Gasteiger partial charge on any atom is -0.376 e. The monoisotopic (exact) mass is 238 g/mol. The van der Waals surface area contributed by atoms with E-state index in [2.05, 4.69) is 10.2 Å². The van der Waals surface area contributed by atoms with Gasteiger partial charge in [0.1, 0.15) is 0 Å². The molecular formula is C13H22N2O2. The van der Waals surface area contributed by atoms with E-state index < -0.39 is 0 Å². The van der Waals surface area contributed by atoms with Gasteiger partial charge in [0.25, 0.3) is 0 Å². The maximum atomic E-state index is 12.3. The first-order valence-electron chi connectivity index (χ1n) is 6.85. The van der Waals surface area contributed by atoms with Crippen LogP contribution in [0.2, 0.25) is 0 Å². The lowest BCUT2D eigenvalue weighted by Crippen LogP contribution is -2.47. The molecule has 0 bridgehead atoms. The van der Waals surface area contributed by atoms with Gasteiger partial charge in [-0.2, -0.15) is 0 Å². The van der Waals surface area contributed by atoms with Crippen LogP contribution in [0.1, 0.15) is 25.7 Å². The summed E-state index contributed by atoms with van der Waals surface area (Å²) in [6, 6.07) is 0.0360. The molecule has 1 amide bonds. The first-order valence-corrected chi connectivity index (χ1v) is 6.85. The molecule has 17 heavy (non-hydrogen) atoms. The number of fused-ring (bicyclic) bond motifs is 1. The third-order valence-corrected chi connectivity index (χ3v) is 4.47. The smallest absolute Gasteiger partial charge is 0.239 e. The molecule has 3 rings (SSSR count). The molecule has 4 nitrogen and oxygen atoms in total. The van der Waals surface area contributed by atoms with Crippen LogP contribution in [-0.2, 0) is 9.53 Å². The van der Waals surface area contributed by atoms with Crippen molar-refractivity contribution < 1.29 is 9.53 Å². The summed E-state index contributed by atoms with van der Waals surface area (Å²) in [5, 5.41) is 3.17. The van der Waals surface area contributed by atoms with Crippen LogP contribution in [0.15, 0.2) is 0 Å². The van der Waals surface area contributed by atoms with Crippen molar-refractivity contribution in [2.24, 2.45) is 11.8 Å². The maximum Gasteiger partial charge on any atom is 0.239 e. The lowest BCUT2D eigenvalue weighted by Gasteiger charge is -2.27. The highest BCUT2D eigenvalue weighted by atomic mass is 16.5. The van der Waals surface area contributed by atoms with Crippen LogP contribution in [0.4, 0.5) is 0 Å². The van der Waals surface area contributed by atoms with Crippen LogP contribution in [0.3, 0.4) is 0 Å². The van der Waals surface area contributed by atoms with Gasteiger partial charge in [-0.15, -0.1) is 0 Å². The molecule has 0 aromatic heterocycles. The summed E-state index contributed by atoms with van der Waals surface area (Å²) in [5.74, 6) is 1.83. The van der Waals surface area contributed by atoms with Crippen molar-refractivity contribution in [3.8, 4) is 0 Å². The minimum absolute atomic E-state index is 0.0360. The molecule has 0 radical (unpaired) electrons. The number of hydrogen-bond acceptors (Lipinski definition) is 3. The summed E-state index contributed by atoms with van der Waals surface area (Å²) < 4.78 is 5.65. The van der Waals surface area contributed by atoms with Gasteiger partial charge in [0.15, 0.2) is 0 Å². The number of nitrogens with one attached hydrogen (secondary N) is 1. The van der Waals surface area contributed by atoms with Crippen LogP contribution >= 0.6 is 0 Å². The van der Waals surface area contributed by atoms with Gasteiger partial charge in [-0.25, -0.2) is 0 Å². The number of ether oxygens (including phenoxy) is 1. The largest absolute Gasteiger partial charge is 0.376 e. The molecule has 4 unspecified atom stereocenters. The quantitative estimate of drug-likeness (QED) is 0.784. The molecule has 2 aliphatic heterocycles. The summed E-state index contributed by atoms with van der Waals surface area (Å²) in [5.41, 5.74) is 0. The number of likely N-dealkylation sites (N-methyl/N-ethyl adjacent to an activating group) is 1. The van der Waals surface area contributed by atoms with Crippen molar-refractivity contribution in [3.05, 3.63) is 0 Å². The molecule has 3 aliphatic rings. The third-order valence-electron chi connectivity index (χ3n) is 4.47. The predicted octanol–water partition coefficient (Wildman–Crippen LogP) is 0.622. The van der Waals surface area contributed by atoms with Gasteiger partial charge in [0.2, 0.25) is 5.91 Å². The van der Waals surface area contributed by atoms with Crippen LogP contribution in [-0.4, -0.2) is 49.7 Å². The van der Waals surface area contributed by atoms with E-state index in [-0.39, 0.29) is 18.1 Å². The van der Waals surface area contributed by atoms with Crippen molar-refractivity contribution in [2.75, 3.05) is 26.7 Å². The van der Waals surface area contributed by atoms with Gasteiger partial charge >= 0.3 is 0 Å². The van der Waals surface area contributed by atoms with Crippen molar-refractivity contribution in [3.63, 3.8) is 0 Å². The van der Waals surface area contributed by atoms with Crippen molar-refractivity contribution in [1.29, 1.82) is 0 Å². The molecule has 3 fully saturated rings. The van der Waals surface area contributed by atoms with Gasteiger partial charge in [-0.1, -0.05) is 0 Å². The average Bonchev–Trinajstić information content (AvgIpc) is 2.86. The highest BCUT2D eigenvalue weighted by molar-refractivity contribution is 5.82. The number of carbonyl (C=O) groups excluding carboxylic acids is 1. The second kappa shape index (κ2) is 4.58. The number of carbonyl (C=O) groups is 1. The fourth-order valence-corrected chi connectivity index (χ4v) is 3.26. The number of nitrogens with zero attached hydrogens (tertiary/aromatic N) is 1. The molecule has 1 aliphatic carbocycles. The molecule has 96 valence electrons. The summed E-state index contributed by atoms with van der Waals surface area (Å²) in [4.78, 5) is 14.4. The van der Waals surface area contributed by atoms with E-state index in [1.807, 2.05) is 7.05 Å². The van der Waals surface area contributed by atoms with Gasteiger partial charge in [0.05, 0.1) is 12.1 Å². The van der Waals surface area contributed by atoms with Crippen LogP contribution in [0.5, 0.6) is 0 Å². The molecule has 0 aromatic carbocycles. The second-order valence-electron chi connectivity index (χ2n) is 5.71. The van der Waals surface area contributed by atoms with Gasteiger partial charge in [-0.3, -0.25) is 4.79 Å². The summed E-state index contributed by atoms with van der Waals surface area (Å²) >= 11 is 0. The van der Waals surface area contributed by atoms with E-state index in [1.165, 1.54) is 6.42 Å². The zero-order chi connectivity index (χ0) is 11.8. The average molecular weight is 238 g/mol. The van der Waals surface area contributed by atoms with Gasteiger partial charge in [-0.05, 0) is 44.6 Å². The van der Waals surface area contributed by atoms with Crippen LogP contribution in [0, 0.1) is 11.8 Å². The van der Waals surface area contributed by atoms with Gasteiger partial charge in [0, 0.05) is 19.7 Å². The topological polar surface area (TPSA) is 41.6 Å². The van der Waals surface area contributed by atoms with E-state index in [4.69, 9.17) is 4.74 Å². The Balaban J connectivity index is 1.65. The highest BCUT2D eigenvalue weighted by Crippen LogP contribution is 2.44. The predicted molar refractivity (Wildman–Crippen MR) is 64.6 cm³/mol. The molecule has 1 saturated carbocycles. The minimum atomic E-state index is 0.0360. The molecule has 2 saturated heterocycles. The molecule has 0 aromatic rings. The van der Waals surface area contributed by atoms with E-state index in [1.54, 1.807) is 0 Å². The Morgan fingerprint density at radius 3 is 3.00 bits per heavy atom. The maximum absolute atomic E-state index is 12.3. The first-order chi connectivity index (χ1) is 8.28. The molecule has 1 N–H and O–H groups in total. The van der Waals surface area contributed by atoms with Crippen molar-refractivity contribution in [2.45, 2.75) is 37.8 Å². The zero-order valence-corrected chi connectivity index (χ0v) is 10.5. The van der Waals surface area contributed by atoms with Crippen molar-refractivity contribution in [1.82, 2.24) is 10.2 Å². The normalized spacial score (nSPS) is 41.2. The Bertz CT molecular complexity index is 302. The number of rotatable bonds is 3. The van der Waals surface area contributed by atoms with Crippen molar-refractivity contribution >= 4 is 5.91 Å². The summed E-state index contributed by atoms with van der Waals surface area (Å²) in [6.07, 6.45) is 4.89. The summed E-state index contributed by atoms with van der Waals surface area (Å²) in [7, 11) is 1.90. The van der Waals surface area contributed by atoms with E-state index >= 15 is 0 Å². The number of hydrogen-bond donors (Lipinski definition) is 1. The summed E-state index contributed by atoms with van der Waals surface area (Å²) in [6.45, 7) is 2.63. The zero-order valence-electron chi connectivity index (χ0n) is 10.5. The molecular weight excluding hydrogens is 216 g/mol. The van der Waals surface area contributed by atoms with Gasteiger partial charge < -0.3 is 15.0 Å². The fraction of sp³-hybridized carbons (Fsp3) is 0.923. The molecule has 4 atom stereocenters. The standard InChI is InChI=1S/C13H22N2O2/c1-14-12-6-9-5-10(9)7-15(13(12)16)8-11-3-2-4-17-11/h9-12,14H,2-8H2,1H3. The highest BCUT2D eigenvalue weighted by Gasteiger charge is 2.45.